The molecule has 0 amide bonds. The zero-order valence-electron chi connectivity index (χ0n) is 10.8. The van der Waals surface area contributed by atoms with Gasteiger partial charge in [0, 0.05) is 11.8 Å². The summed E-state index contributed by atoms with van der Waals surface area (Å²) in [5.41, 5.74) is 3.53. The molecule has 0 bridgehead atoms. The SMILES string of the molecule is Oc1cccc(-c2ccccc2)c1Nc1cccnc1. The van der Waals surface area contributed by atoms with Crippen LogP contribution >= 0.6 is 0 Å². The van der Waals surface area contributed by atoms with Crippen LogP contribution in [-0.4, -0.2) is 10.1 Å². The van der Waals surface area contributed by atoms with Crippen LogP contribution in [0.5, 0.6) is 5.75 Å². The fourth-order valence-electron chi connectivity index (χ4n) is 2.11. The molecular weight excluding hydrogens is 248 g/mol. The van der Waals surface area contributed by atoms with Crippen LogP contribution in [0.4, 0.5) is 11.4 Å². The standard InChI is InChI=1S/C17H14N2O/c20-16-10-4-9-15(13-6-2-1-3-7-13)17(16)19-14-8-5-11-18-12-14/h1-12,19-20H. The van der Waals surface area contributed by atoms with Crippen molar-refractivity contribution < 1.29 is 5.11 Å². The third-order valence-electron chi connectivity index (χ3n) is 3.06. The van der Waals surface area contributed by atoms with Crippen LogP contribution in [0.1, 0.15) is 0 Å². The summed E-state index contributed by atoms with van der Waals surface area (Å²) < 4.78 is 0. The average molecular weight is 262 g/mol. The van der Waals surface area contributed by atoms with Crippen LogP contribution in [0.3, 0.4) is 0 Å². The van der Waals surface area contributed by atoms with Gasteiger partial charge in [-0.05, 0) is 23.8 Å². The number of hydrogen-bond donors (Lipinski definition) is 2. The van der Waals surface area contributed by atoms with Gasteiger partial charge in [-0.15, -0.1) is 0 Å². The minimum Gasteiger partial charge on any atom is -0.506 e. The predicted octanol–water partition coefficient (Wildman–Crippen LogP) is 4.20. The van der Waals surface area contributed by atoms with Crippen LogP contribution in [-0.2, 0) is 0 Å². The molecule has 1 aromatic heterocycles. The molecular formula is C17H14N2O. The number of rotatable bonds is 3. The van der Waals surface area contributed by atoms with Crippen LogP contribution in [0, 0.1) is 0 Å². The predicted molar refractivity (Wildman–Crippen MR) is 81.1 cm³/mol. The number of para-hydroxylation sites is 1. The molecule has 0 unspecified atom stereocenters. The largest absolute Gasteiger partial charge is 0.506 e. The molecule has 0 saturated heterocycles. The number of hydrogen-bond acceptors (Lipinski definition) is 3. The van der Waals surface area contributed by atoms with Gasteiger partial charge in [-0.2, -0.15) is 0 Å². The molecule has 0 aliphatic carbocycles. The van der Waals surface area contributed by atoms with E-state index in [1.807, 2.05) is 54.6 Å². The number of benzene rings is 2. The summed E-state index contributed by atoms with van der Waals surface area (Å²) in [7, 11) is 0. The fraction of sp³-hybridized carbons (Fsp3) is 0. The van der Waals surface area contributed by atoms with Gasteiger partial charge in [0.2, 0.25) is 0 Å². The van der Waals surface area contributed by atoms with Crippen LogP contribution in [0.25, 0.3) is 11.1 Å². The maximum absolute atomic E-state index is 10.1. The molecule has 20 heavy (non-hydrogen) atoms. The number of nitrogens with one attached hydrogen (secondary N) is 1. The van der Waals surface area contributed by atoms with Crippen molar-refractivity contribution in [1.29, 1.82) is 0 Å². The molecule has 0 saturated carbocycles. The minimum atomic E-state index is 0.218. The zero-order valence-corrected chi connectivity index (χ0v) is 10.8. The first-order valence-corrected chi connectivity index (χ1v) is 6.39. The highest BCUT2D eigenvalue weighted by Gasteiger charge is 2.09. The molecule has 0 atom stereocenters. The lowest BCUT2D eigenvalue weighted by molar-refractivity contribution is 0.478. The molecule has 2 aromatic carbocycles. The molecule has 3 rings (SSSR count). The van der Waals surface area contributed by atoms with Crippen molar-refractivity contribution in [2.45, 2.75) is 0 Å². The molecule has 2 N–H and O–H groups in total. The van der Waals surface area contributed by atoms with Gasteiger partial charge in [-0.1, -0.05) is 42.5 Å². The Balaban J connectivity index is 2.06. The summed E-state index contributed by atoms with van der Waals surface area (Å²) in [4.78, 5) is 4.07. The lowest BCUT2D eigenvalue weighted by atomic mass is 10.0. The van der Waals surface area contributed by atoms with Gasteiger partial charge >= 0.3 is 0 Å². The summed E-state index contributed by atoms with van der Waals surface area (Å²) in [5.74, 6) is 0.218. The second-order valence-electron chi connectivity index (χ2n) is 4.43. The van der Waals surface area contributed by atoms with Crippen LogP contribution in [0.2, 0.25) is 0 Å². The first kappa shape index (κ1) is 12.2. The third kappa shape index (κ3) is 2.47. The normalized spacial score (nSPS) is 10.2. The first-order chi connectivity index (χ1) is 9.84. The molecule has 0 aliphatic rings. The van der Waals surface area contributed by atoms with Crippen molar-refractivity contribution >= 4 is 11.4 Å². The van der Waals surface area contributed by atoms with Crippen molar-refractivity contribution in [2.24, 2.45) is 0 Å². The van der Waals surface area contributed by atoms with E-state index in [0.29, 0.717) is 5.69 Å². The molecule has 3 heteroatoms. The Bertz CT molecular complexity index is 697. The quantitative estimate of drug-likeness (QED) is 0.695. The summed E-state index contributed by atoms with van der Waals surface area (Å²) in [6.45, 7) is 0. The van der Waals surface area contributed by atoms with Gasteiger partial charge in [-0.3, -0.25) is 4.98 Å². The van der Waals surface area contributed by atoms with Crippen LogP contribution in [0.15, 0.2) is 73.1 Å². The second kappa shape index (κ2) is 5.45. The van der Waals surface area contributed by atoms with E-state index < -0.39 is 0 Å². The molecule has 0 spiro atoms. The van der Waals surface area contributed by atoms with Gasteiger partial charge in [-0.25, -0.2) is 0 Å². The molecule has 0 radical (unpaired) electrons. The van der Waals surface area contributed by atoms with E-state index in [2.05, 4.69) is 10.3 Å². The summed E-state index contributed by atoms with van der Waals surface area (Å²) in [6, 6.07) is 19.2. The van der Waals surface area contributed by atoms with Crippen LogP contribution < -0.4 is 5.32 Å². The Hall–Kier alpha value is -2.81. The van der Waals surface area contributed by atoms with Gasteiger partial charge in [0.05, 0.1) is 17.6 Å². The average Bonchev–Trinajstić information content (AvgIpc) is 2.51. The first-order valence-electron chi connectivity index (χ1n) is 6.39. The Morgan fingerprint density at radius 3 is 2.45 bits per heavy atom. The second-order valence-corrected chi connectivity index (χ2v) is 4.43. The van der Waals surface area contributed by atoms with Crippen molar-refractivity contribution in [1.82, 2.24) is 4.98 Å². The van der Waals surface area contributed by atoms with Gasteiger partial charge in [0.25, 0.3) is 0 Å². The summed E-state index contributed by atoms with van der Waals surface area (Å²) in [6.07, 6.45) is 3.44. The lowest BCUT2D eigenvalue weighted by Gasteiger charge is -2.13. The highest BCUT2D eigenvalue weighted by molar-refractivity contribution is 5.84. The number of nitrogens with zero attached hydrogens (tertiary/aromatic N) is 1. The Kier molecular flexibility index (Phi) is 3.33. The van der Waals surface area contributed by atoms with E-state index in [1.165, 1.54) is 0 Å². The van der Waals surface area contributed by atoms with E-state index in [-0.39, 0.29) is 5.75 Å². The van der Waals surface area contributed by atoms with E-state index in [0.717, 1.165) is 16.8 Å². The van der Waals surface area contributed by atoms with Gasteiger partial charge in [0.15, 0.2) is 0 Å². The summed E-state index contributed by atoms with van der Waals surface area (Å²) in [5, 5.41) is 13.4. The topological polar surface area (TPSA) is 45.1 Å². The molecule has 0 fully saturated rings. The monoisotopic (exact) mass is 262 g/mol. The van der Waals surface area contributed by atoms with Crippen molar-refractivity contribution in [3.8, 4) is 16.9 Å². The highest BCUT2D eigenvalue weighted by Crippen LogP contribution is 2.36. The molecule has 1 heterocycles. The lowest BCUT2D eigenvalue weighted by Crippen LogP contribution is -1.94. The Labute approximate surface area is 117 Å². The van der Waals surface area contributed by atoms with Crippen molar-refractivity contribution in [2.75, 3.05) is 5.32 Å². The van der Waals surface area contributed by atoms with Gasteiger partial charge < -0.3 is 10.4 Å². The van der Waals surface area contributed by atoms with E-state index in [9.17, 15) is 5.11 Å². The number of pyridine rings is 1. The minimum absolute atomic E-state index is 0.218. The van der Waals surface area contributed by atoms with E-state index in [4.69, 9.17) is 0 Å². The smallest absolute Gasteiger partial charge is 0.139 e. The molecule has 0 aliphatic heterocycles. The molecule has 3 aromatic rings. The van der Waals surface area contributed by atoms with Crippen molar-refractivity contribution in [3.05, 3.63) is 73.1 Å². The van der Waals surface area contributed by atoms with Crippen molar-refractivity contribution in [3.63, 3.8) is 0 Å². The maximum Gasteiger partial charge on any atom is 0.139 e. The van der Waals surface area contributed by atoms with E-state index in [1.54, 1.807) is 18.5 Å². The molecule has 3 nitrogen and oxygen atoms in total. The number of aromatic nitrogens is 1. The molecule has 98 valence electrons. The highest BCUT2D eigenvalue weighted by atomic mass is 16.3. The number of phenolic OH excluding ortho intramolecular Hbond substituents is 1. The third-order valence-corrected chi connectivity index (χ3v) is 3.06. The summed E-state index contributed by atoms with van der Waals surface area (Å²) >= 11 is 0. The number of anilines is 2. The fourth-order valence-corrected chi connectivity index (χ4v) is 2.11. The maximum atomic E-state index is 10.1. The zero-order chi connectivity index (χ0) is 13.8. The van der Waals surface area contributed by atoms with Gasteiger partial charge in [0.1, 0.15) is 5.75 Å². The Morgan fingerprint density at radius 2 is 1.70 bits per heavy atom. The Morgan fingerprint density at radius 1 is 0.850 bits per heavy atom. The number of aromatic hydroxyl groups is 1. The van der Waals surface area contributed by atoms with E-state index >= 15 is 0 Å². The number of phenols is 1.